The van der Waals surface area contributed by atoms with Crippen LogP contribution in [0.3, 0.4) is 0 Å². The van der Waals surface area contributed by atoms with Gasteiger partial charge in [0.1, 0.15) is 22.5 Å². The van der Waals surface area contributed by atoms with E-state index in [2.05, 4.69) is 14.7 Å². The summed E-state index contributed by atoms with van der Waals surface area (Å²) < 4.78 is 26.2. The Bertz CT molecular complexity index is 1980. The van der Waals surface area contributed by atoms with E-state index in [9.17, 15) is 9.59 Å². The zero-order chi connectivity index (χ0) is 30.7. The Morgan fingerprint density at radius 3 is 1.56 bits per heavy atom. The molecule has 10 nitrogen and oxygen atoms in total. The molecular formula is C31H22Cl2N2O8. The normalized spacial score (nSPS) is 10.7. The lowest BCUT2D eigenvalue weighted by Gasteiger charge is -2.02. The van der Waals surface area contributed by atoms with Crippen molar-refractivity contribution in [1.82, 2.24) is 9.97 Å². The van der Waals surface area contributed by atoms with E-state index in [4.69, 9.17) is 46.6 Å². The molecule has 6 rings (SSSR count). The molecule has 0 spiro atoms. The van der Waals surface area contributed by atoms with Crippen LogP contribution >= 0.6 is 23.2 Å². The molecule has 1 N–H and O–H groups in total. The van der Waals surface area contributed by atoms with Crippen molar-refractivity contribution in [2.24, 2.45) is 0 Å². The van der Waals surface area contributed by atoms with E-state index in [1.807, 2.05) is 0 Å². The number of ether oxygens (including phenoxy) is 3. The van der Waals surface area contributed by atoms with Gasteiger partial charge in [0.2, 0.25) is 11.8 Å². The van der Waals surface area contributed by atoms with Crippen molar-refractivity contribution in [2.75, 3.05) is 21.3 Å². The second kappa shape index (κ2) is 12.4. The van der Waals surface area contributed by atoms with E-state index in [1.165, 1.54) is 19.2 Å². The summed E-state index contributed by atoms with van der Waals surface area (Å²) in [5.74, 6) is 0.551. The van der Waals surface area contributed by atoms with Gasteiger partial charge in [0.15, 0.2) is 11.2 Å². The largest absolute Gasteiger partial charge is 0.497 e. The average Bonchev–Trinajstić information content (AvgIpc) is 3.64. The highest BCUT2D eigenvalue weighted by atomic mass is 35.5. The number of carbonyl (C=O) groups excluding carboxylic acids is 1. The second-order valence-corrected chi connectivity index (χ2v) is 9.71. The smallest absolute Gasteiger partial charge is 0.337 e. The number of carboxylic acid groups (broad SMARTS) is 1. The van der Waals surface area contributed by atoms with Gasteiger partial charge < -0.3 is 28.2 Å². The maximum absolute atomic E-state index is 11.5. The summed E-state index contributed by atoms with van der Waals surface area (Å²) in [4.78, 5) is 31.2. The van der Waals surface area contributed by atoms with Gasteiger partial charge in [-0.25, -0.2) is 19.6 Å². The highest BCUT2D eigenvalue weighted by Gasteiger charge is 2.16. The molecule has 0 atom stereocenters. The molecule has 0 aliphatic carbocycles. The predicted molar refractivity (Wildman–Crippen MR) is 160 cm³/mol. The van der Waals surface area contributed by atoms with Crippen molar-refractivity contribution in [3.05, 3.63) is 94.0 Å². The van der Waals surface area contributed by atoms with Crippen LogP contribution in [0.4, 0.5) is 0 Å². The van der Waals surface area contributed by atoms with Crippen LogP contribution in [-0.2, 0) is 4.74 Å². The van der Waals surface area contributed by atoms with Crippen molar-refractivity contribution >= 4 is 57.3 Å². The molecule has 0 saturated carbocycles. The van der Waals surface area contributed by atoms with E-state index in [0.717, 1.165) is 0 Å². The van der Waals surface area contributed by atoms with Gasteiger partial charge in [-0.2, -0.15) is 0 Å². The molecule has 218 valence electrons. The lowest BCUT2D eigenvalue weighted by molar-refractivity contribution is 0.0600. The van der Waals surface area contributed by atoms with Gasteiger partial charge in [0.05, 0.1) is 53.6 Å². The van der Waals surface area contributed by atoms with Gasteiger partial charge in [0, 0.05) is 0 Å². The van der Waals surface area contributed by atoms with Gasteiger partial charge in [-0.3, -0.25) is 0 Å². The van der Waals surface area contributed by atoms with Crippen molar-refractivity contribution in [1.29, 1.82) is 0 Å². The Balaban J connectivity index is 0.000000171. The minimum Gasteiger partial charge on any atom is -0.497 e. The van der Waals surface area contributed by atoms with E-state index in [-0.39, 0.29) is 5.56 Å². The van der Waals surface area contributed by atoms with Gasteiger partial charge in [-0.05, 0) is 72.8 Å². The Morgan fingerprint density at radius 2 is 1.14 bits per heavy atom. The first-order valence-corrected chi connectivity index (χ1v) is 13.3. The van der Waals surface area contributed by atoms with Crippen LogP contribution in [-0.4, -0.2) is 48.3 Å². The molecule has 0 fully saturated rings. The van der Waals surface area contributed by atoms with Crippen LogP contribution in [0.15, 0.2) is 81.6 Å². The summed E-state index contributed by atoms with van der Waals surface area (Å²) in [6.45, 7) is 0. The standard InChI is InChI=1S/C16H12ClNO4.C15H10ClNO4/c1-20-10-4-5-11(12(17)8-10)15-18-13-6-3-9(16(19)21-2)7-14(13)22-15;1-20-9-3-4-10(11(16)7-9)14-17-12-5-2-8(15(18)19)6-13(12)21-14/h3-8H,1-2H3;2-7H,1H3,(H,18,19). The summed E-state index contributed by atoms with van der Waals surface area (Å²) >= 11 is 12.4. The molecule has 6 aromatic rings. The van der Waals surface area contributed by atoms with E-state index >= 15 is 0 Å². The zero-order valence-electron chi connectivity index (χ0n) is 22.9. The first-order chi connectivity index (χ1) is 20.7. The molecule has 4 aromatic carbocycles. The van der Waals surface area contributed by atoms with Crippen LogP contribution in [0.5, 0.6) is 11.5 Å². The van der Waals surface area contributed by atoms with Crippen LogP contribution in [0, 0.1) is 0 Å². The highest BCUT2D eigenvalue weighted by Crippen LogP contribution is 2.34. The molecule has 0 aliphatic rings. The number of aromatic carboxylic acids is 1. The molecule has 2 aromatic heterocycles. The Kier molecular flexibility index (Phi) is 8.51. The summed E-state index contributed by atoms with van der Waals surface area (Å²) in [5.41, 5.74) is 3.91. The van der Waals surface area contributed by atoms with Crippen LogP contribution in [0.2, 0.25) is 10.0 Å². The number of aromatic nitrogens is 2. The minimum atomic E-state index is -1.02. The fourth-order valence-corrected chi connectivity index (χ4v) is 4.55. The predicted octanol–water partition coefficient (Wildman–Crippen LogP) is 7.80. The first-order valence-electron chi connectivity index (χ1n) is 12.5. The summed E-state index contributed by atoms with van der Waals surface area (Å²) in [6.07, 6.45) is 0. The number of hydrogen-bond acceptors (Lipinski definition) is 9. The molecule has 0 radical (unpaired) electrons. The minimum absolute atomic E-state index is 0.144. The van der Waals surface area contributed by atoms with Crippen molar-refractivity contribution < 1.29 is 37.7 Å². The lowest BCUT2D eigenvalue weighted by Crippen LogP contribution is -2.00. The first kappa shape index (κ1) is 29.4. The van der Waals surface area contributed by atoms with Crippen LogP contribution < -0.4 is 9.47 Å². The number of carbonyl (C=O) groups is 2. The number of esters is 1. The topological polar surface area (TPSA) is 134 Å². The number of oxazole rings is 2. The number of halogens is 2. The molecule has 2 heterocycles. The SMILES string of the molecule is COC(=O)c1ccc2nc(-c3ccc(OC)cc3Cl)oc2c1.COc1ccc(-c2nc3ccc(C(=O)O)cc3o2)c(Cl)c1. The monoisotopic (exact) mass is 620 g/mol. The number of methoxy groups -OCH3 is 3. The molecule has 0 bridgehead atoms. The molecule has 0 saturated heterocycles. The van der Waals surface area contributed by atoms with Crippen molar-refractivity contribution in [2.45, 2.75) is 0 Å². The fraction of sp³-hybridized carbons (Fsp3) is 0.0968. The fourth-order valence-electron chi connectivity index (χ4n) is 4.05. The van der Waals surface area contributed by atoms with E-state index in [0.29, 0.717) is 72.2 Å². The Labute approximate surface area is 254 Å². The number of benzene rings is 4. The quantitative estimate of drug-likeness (QED) is 0.184. The van der Waals surface area contributed by atoms with Crippen LogP contribution in [0.25, 0.3) is 45.1 Å². The summed E-state index contributed by atoms with van der Waals surface area (Å²) in [5, 5.41) is 9.89. The van der Waals surface area contributed by atoms with Gasteiger partial charge in [-0.15, -0.1) is 0 Å². The highest BCUT2D eigenvalue weighted by molar-refractivity contribution is 6.33. The molecule has 0 amide bonds. The van der Waals surface area contributed by atoms with Crippen LogP contribution in [0.1, 0.15) is 20.7 Å². The van der Waals surface area contributed by atoms with E-state index < -0.39 is 11.9 Å². The molecule has 12 heteroatoms. The molecule has 43 heavy (non-hydrogen) atoms. The van der Waals surface area contributed by atoms with E-state index in [1.54, 1.807) is 74.9 Å². The maximum atomic E-state index is 11.5. The zero-order valence-corrected chi connectivity index (χ0v) is 24.4. The van der Waals surface area contributed by atoms with Gasteiger partial charge in [0.25, 0.3) is 0 Å². The Morgan fingerprint density at radius 1 is 0.674 bits per heavy atom. The summed E-state index contributed by atoms with van der Waals surface area (Å²) in [7, 11) is 4.45. The van der Waals surface area contributed by atoms with Crippen molar-refractivity contribution in [3.8, 4) is 34.4 Å². The maximum Gasteiger partial charge on any atom is 0.337 e. The Hall–Kier alpha value is -5.06. The summed E-state index contributed by atoms with van der Waals surface area (Å²) in [6, 6.07) is 19.8. The molecule has 0 aliphatic heterocycles. The van der Waals surface area contributed by atoms with Crippen molar-refractivity contribution in [3.63, 3.8) is 0 Å². The van der Waals surface area contributed by atoms with Gasteiger partial charge in [-0.1, -0.05) is 23.2 Å². The average molecular weight is 621 g/mol. The lowest BCUT2D eigenvalue weighted by atomic mass is 10.2. The number of fused-ring (bicyclic) bond motifs is 2. The number of hydrogen-bond donors (Lipinski definition) is 1. The van der Waals surface area contributed by atoms with Gasteiger partial charge >= 0.3 is 11.9 Å². The molecule has 0 unspecified atom stereocenters. The number of nitrogens with zero attached hydrogens (tertiary/aromatic N) is 2. The molecular weight excluding hydrogens is 599 g/mol. The number of carboxylic acids is 1. The third-order valence-electron chi connectivity index (χ3n) is 6.26. The third-order valence-corrected chi connectivity index (χ3v) is 6.88. The number of rotatable bonds is 6. The third kappa shape index (κ3) is 6.25. The second-order valence-electron chi connectivity index (χ2n) is 8.89.